The highest BCUT2D eigenvalue weighted by Crippen LogP contribution is 2.36. The minimum absolute atomic E-state index is 0.120. The summed E-state index contributed by atoms with van der Waals surface area (Å²) in [5.41, 5.74) is 1.75. The lowest BCUT2D eigenvalue weighted by atomic mass is 10.1. The van der Waals surface area contributed by atoms with E-state index in [2.05, 4.69) is 0 Å². The van der Waals surface area contributed by atoms with Gasteiger partial charge in [-0.15, -0.1) is 11.3 Å². The second-order valence-electron chi connectivity index (χ2n) is 6.06. The maximum atomic E-state index is 13.3. The molecule has 0 atom stereocenters. The average molecular weight is 378 g/mol. The molecule has 0 saturated heterocycles. The van der Waals surface area contributed by atoms with Gasteiger partial charge in [0.05, 0.1) is 18.4 Å². The molecule has 0 radical (unpaired) electrons. The SMILES string of the molecule is CCN(C1=C(c2cccs2)C(=O)N(Cc2ccco2)C1=O)c1ccccc1. The molecule has 5 nitrogen and oxygen atoms in total. The quantitative estimate of drug-likeness (QED) is 0.605. The van der Waals surface area contributed by atoms with Gasteiger partial charge in [-0.2, -0.15) is 0 Å². The van der Waals surface area contributed by atoms with Crippen molar-refractivity contribution in [1.82, 2.24) is 4.90 Å². The Labute approximate surface area is 161 Å². The predicted octanol–water partition coefficient (Wildman–Crippen LogP) is 4.15. The second kappa shape index (κ2) is 7.25. The highest BCUT2D eigenvalue weighted by molar-refractivity contribution is 7.11. The van der Waals surface area contributed by atoms with Crippen molar-refractivity contribution < 1.29 is 14.0 Å². The number of para-hydroxylation sites is 1. The van der Waals surface area contributed by atoms with E-state index >= 15 is 0 Å². The van der Waals surface area contributed by atoms with Crippen LogP contribution in [-0.4, -0.2) is 23.3 Å². The first-order valence-electron chi connectivity index (χ1n) is 8.70. The molecule has 1 aromatic carbocycles. The van der Waals surface area contributed by atoms with E-state index in [0.717, 1.165) is 10.6 Å². The Morgan fingerprint density at radius 3 is 2.44 bits per heavy atom. The molecule has 27 heavy (non-hydrogen) atoms. The fourth-order valence-electron chi connectivity index (χ4n) is 3.24. The third-order valence-electron chi connectivity index (χ3n) is 4.46. The fourth-order valence-corrected chi connectivity index (χ4v) is 4.00. The van der Waals surface area contributed by atoms with Gasteiger partial charge < -0.3 is 9.32 Å². The summed E-state index contributed by atoms with van der Waals surface area (Å²) in [5, 5.41) is 1.91. The van der Waals surface area contributed by atoms with Crippen LogP contribution in [0.4, 0.5) is 5.69 Å². The van der Waals surface area contributed by atoms with Crippen molar-refractivity contribution in [1.29, 1.82) is 0 Å². The maximum Gasteiger partial charge on any atom is 0.278 e. The second-order valence-corrected chi connectivity index (χ2v) is 7.00. The summed E-state index contributed by atoms with van der Waals surface area (Å²) in [4.78, 5) is 30.4. The number of thiophene rings is 1. The van der Waals surface area contributed by atoms with Gasteiger partial charge in [0, 0.05) is 17.1 Å². The van der Waals surface area contributed by atoms with Gasteiger partial charge >= 0.3 is 0 Å². The summed E-state index contributed by atoms with van der Waals surface area (Å²) in [7, 11) is 0. The molecule has 1 aliphatic heterocycles. The van der Waals surface area contributed by atoms with Gasteiger partial charge in [0.1, 0.15) is 11.5 Å². The third kappa shape index (κ3) is 3.08. The number of imide groups is 1. The van der Waals surface area contributed by atoms with Crippen LogP contribution in [0.15, 0.2) is 76.4 Å². The smallest absolute Gasteiger partial charge is 0.278 e. The molecule has 3 aromatic rings. The van der Waals surface area contributed by atoms with Crippen molar-refractivity contribution in [3.05, 3.63) is 82.6 Å². The molecule has 0 saturated carbocycles. The summed E-state index contributed by atoms with van der Waals surface area (Å²) < 4.78 is 5.35. The number of anilines is 1. The Balaban J connectivity index is 1.81. The number of rotatable bonds is 6. The van der Waals surface area contributed by atoms with E-state index in [1.807, 2.05) is 59.7 Å². The minimum Gasteiger partial charge on any atom is -0.467 e. The number of hydrogen-bond acceptors (Lipinski definition) is 5. The van der Waals surface area contributed by atoms with E-state index in [4.69, 9.17) is 4.42 Å². The van der Waals surface area contributed by atoms with Crippen LogP contribution in [-0.2, 0) is 16.1 Å². The summed E-state index contributed by atoms with van der Waals surface area (Å²) in [6.07, 6.45) is 1.54. The maximum absolute atomic E-state index is 13.3. The number of carbonyl (C=O) groups is 2. The molecule has 6 heteroatoms. The normalized spacial score (nSPS) is 14.3. The number of amides is 2. The van der Waals surface area contributed by atoms with Crippen molar-refractivity contribution in [2.75, 3.05) is 11.4 Å². The summed E-state index contributed by atoms with van der Waals surface area (Å²) in [5.74, 6) is -0.0139. The van der Waals surface area contributed by atoms with Crippen LogP contribution < -0.4 is 4.90 Å². The topological polar surface area (TPSA) is 53.8 Å². The Hall–Kier alpha value is -3.12. The van der Waals surface area contributed by atoms with E-state index in [9.17, 15) is 9.59 Å². The fraction of sp³-hybridized carbons (Fsp3) is 0.143. The molecular weight excluding hydrogens is 360 g/mol. The molecule has 0 spiro atoms. The van der Waals surface area contributed by atoms with Gasteiger partial charge in [-0.25, -0.2) is 0 Å². The lowest BCUT2D eigenvalue weighted by Gasteiger charge is -2.24. The molecule has 1 aliphatic rings. The Morgan fingerprint density at radius 2 is 1.81 bits per heavy atom. The number of furan rings is 1. The molecule has 2 aromatic heterocycles. The van der Waals surface area contributed by atoms with Gasteiger partial charge in [-0.1, -0.05) is 24.3 Å². The van der Waals surface area contributed by atoms with Crippen LogP contribution in [0.2, 0.25) is 0 Å². The zero-order valence-electron chi connectivity index (χ0n) is 14.8. The molecule has 0 bridgehead atoms. The molecule has 4 rings (SSSR count). The van der Waals surface area contributed by atoms with Crippen LogP contribution in [0, 0.1) is 0 Å². The first-order chi connectivity index (χ1) is 13.2. The number of hydrogen-bond donors (Lipinski definition) is 0. The van der Waals surface area contributed by atoms with Crippen LogP contribution in [0.25, 0.3) is 5.57 Å². The monoisotopic (exact) mass is 378 g/mol. The zero-order valence-corrected chi connectivity index (χ0v) is 15.6. The highest BCUT2D eigenvalue weighted by Gasteiger charge is 2.42. The Bertz CT molecular complexity index is 976. The lowest BCUT2D eigenvalue weighted by Crippen LogP contribution is -2.34. The summed E-state index contributed by atoms with van der Waals surface area (Å²) in [6, 6.07) is 16.9. The average Bonchev–Trinajstić information content (AvgIpc) is 3.43. The van der Waals surface area contributed by atoms with Crippen LogP contribution in [0.3, 0.4) is 0 Å². The minimum atomic E-state index is -0.300. The van der Waals surface area contributed by atoms with Gasteiger partial charge in [-0.3, -0.25) is 14.5 Å². The van der Waals surface area contributed by atoms with Crippen molar-refractivity contribution in [2.45, 2.75) is 13.5 Å². The molecule has 0 unspecified atom stereocenters. The van der Waals surface area contributed by atoms with E-state index in [1.165, 1.54) is 22.5 Å². The lowest BCUT2D eigenvalue weighted by molar-refractivity contribution is -0.137. The van der Waals surface area contributed by atoms with E-state index < -0.39 is 0 Å². The highest BCUT2D eigenvalue weighted by atomic mass is 32.1. The van der Waals surface area contributed by atoms with Crippen molar-refractivity contribution >= 4 is 34.4 Å². The molecule has 0 fully saturated rings. The van der Waals surface area contributed by atoms with Crippen molar-refractivity contribution in [3.8, 4) is 0 Å². The third-order valence-corrected chi connectivity index (χ3v) is 5.35. The zero-order chi connectivity index (χ0) is 18.8. The van der Waals surface area contributed by atoms with E-state index in [-0.39, 0.29) is 18.4 Å². The standard InChI is InChI=1S/C21H18N2O3S/c1-2-22(15-8-4-3-5-9-15)19-18(17-11-7-13-27-17)20(24)23(21(19)25)14-16-10-6-12-26-16/h3-13H,2,14H2,1H3. The largest absolute Gasteiger partial charge is 0.467 e. The molecular formula is C21H18N2O3S. The molecule has 0 N–H and O–H groups in total. The molecule has 136 valence electrons. The van der Waals surface area contributed by atoms with Gasteiger partial charge in [0.15, 0.2) is 0 Å². The first kappa shape index (κ1) is 17.3. The molecule has 2 amide bonds. The molecule has 0 aliphatic carbocycles. The summed E-state index contributed by atoms with van der Waals surface area (Å²) >= 11 is 1.46. The Morgan fingerprint density at radius 1 is 1.00 bits per heavy atom. The van der Waals surface area contributed by atoms with Crippen molar-refractivity contribution in [2.24, 2.45) is 0 Å². The van der Waals surface area contributed by atoms with E-state index in [1.54, 1.807) is 12.1 Å². The number of nitrogens with zero attached hydrogens (tertiary/aromatic N) is 2. The van der Waals surface area contributed by atoms with Crippen LogP contribution >= 0.6 is 11.3 Å². The van der Waals surface area contributed by atoms with Gasteiger partial charge in [-0.05, 0) is 42.6 Å². The van der Waals surface area contributed by atoms with Gasteiger partial charge in [0.2, 0.25) is 0 Å². The van der Waals surface area contributed by atoms with Gasteiger partial charge in [0.25, 0.3) is 11.8 Å². The molecule has 3 heterocycles. The van der Waals surface area contributed by atoms with Crippen molar-refractivity contribution in [3.63, 3.8) is 0 Å². The number of likely N-dealkylation sites (N-methyl/N-ethyl adjacent to an activating group) is 1. The summed E-state index contributed by atoms with van der Waals surface area (Å²) in [6.45, 7) is 2.66. The van der Waals surface area contributed by atoms with Crippen LogP contribution in [0.1, 0.15) is 17.6 Å². The number of benzene rings is 1. The number of carbonyl (C=O) groups excluding carboxylic acids is 2. The predicted molar refractivity (Wildman–Crippen MR) is 105 cm³/mol. The van der Waals surface area contributed by atoms with E-state index in [0.29, 0.717) is 23.6 Å². The van der Waals surface area contributed by atoms with Crippen LogP contribution in [0.5, 0.6) is 0 Å². The first-order valence-corrected chi connectivity index (χ1v) is 9.58. The Kier molecular flexibility index (Phi) is 4.64.